The molecule has 0 spiro atoms. The number of carbonyl (C=O) groups is 1. The van der Waals surface area contributed by atoms with Crippen LogP contribution >= 0.6 is 0 Å². The van der Waals surface area contributed by atoms with Gasteiger partial charge in [-0.3, -0.25) is 4.79 Å². The Morgan fingerprint density at radius 2 is 2.00 bits per heavy atom. The molecular formula is C16H21N3O4. The molecule has 0 saturated carbocycles. The molecule has 23 heavy (non-hydrogen) atoms. The summed E-state index contributed by atoms with van der Waals surface area (Å²) in [6.07, 6.45) is -0.151. The van der Waals surface area contributed by atoms with Crippen LogP contribution in [0.3, 0.4) is 0 Å². The molecule has 1 unspecified atom stereocenters. The average molecular weight is 319 g/mol. The van der Waals surface area contributed by atoms with Crippen molar-refractivity contribution >= 4 is 5.91 Å². The summed E-state index contributed by atoms with van der Waals surface area (Å²) in [5.41, 5.74) is 4.30. The number of nitrogens with zero attached hydrogens (tertiary/aromatic N) is 2. The SMILES string of the molecule is N#Cc1ccc(OCC(O)CN2CCC(O)(C(N)=O)CC2)cc1. The Morgan fingerprint density at radius 3 is 2.52 bits per heavy atom. The van der Waals surface area contributed by atoms with Crippen molar-refractivity contribution in [2.24, 2.45) is 5.73 Å². The summed E-state index contributed by atoms with van der Waals surface area (Å²) < 4.78 is 5.48. The summed E-state index contributed by atoms with van der Waals surface area (Å²) in [6, 6.07) is 8.68. The quantitative estimate of drug-likeness (QED) is 0.657. The Kier molecular flexibility index (Phi) is 5.55. The highest BCUT2D eigenvalue weighted by atomic mass is 16.5. The van der Waals surface area contributed by atoms with E-state index in [0.717, 1.165) is 0 Å². The highest BCUT2D eigenvalue weighted by molar-refractivity contribution is 5.83. The highest BCUT2D eigenvalue weighted by Crippen LogP contribution is 2.21. The third kappa shape index (κ3) is 4.66. The number of aliphatic hydroxyl groups excluding tert-OH is 1. The lowest BCUT2D eigenvalue weighted by atomic mass is 9.91. The Balaban J connectivity index is 1.74. The van der Waals surface area contributed by atoms with Gasteiger partial charge in [0.05, 0.1) is 11.6 Å². The fourth-order valence-electron chi connectivity index (χ4n) is 2.52. The number of nitriles is 1. The molecule has 1 aromatic carbocycles. The maximum Gasteiger partial charge on any atom is 0.249 e. The Bertz CT molecular complexity index is 574. The summed E-state index contributed by atoms with van der Waals surface area (Å²) in [6.45, 7) is 1.51. The molecule has 1 heterocycles. The molecule has 2 rings (SSSR count). The van der Waals surface area contributed by atoms with Crippen LogP contribution in [-0.2, 0) is 4.79 Å². The molecule has 4 N–H and O–H groups in total. The number of hydrogen-bond acceptors (Lipinski definition) is 6. The minimum Gasteiger partial charge on any atom is -0.491 e. The molecule has 1 amide bonds. The van der Waals surface area contributed by atoms with Gasteiger partial charge in [-0.2, -0.15) is 5.26 Å². The van der Waals surface area contributed by atoms with Gasteiger partial charge >= 0.3 is 0 Å². The van der Waals surface area contributed by atoms with Crippen molar-refractivity contribution in [1.29, 1.82) is 5.26 Å². The van der Waals surface area contributed by atoms with Gasteiger partial charge in [0, 0.05) is 19.6 Å². The minimum absolute atomic E-state index is 0.127. The van der Waals surface area contributed by atoms with E-state index in [4.69, 9.17) is 15.7 Å². The number of likely N-dealkylation sites (tertiary alicyclic amines) is 1. The van der Waals surface area contributed by atoms with E-state index < -0.39 is 17.6 Å². The van der Waals surface area contributed by atoms with E-state index in [9.17, 15) is 15.0 Å². The zero-order valence-corrected chi connectivity index (χ0v) is 12.8. The first-order valence-corrected chi connectivity index (χ1v) is 7.48. The van der Waals surface area contributed by atoms with Crippen LogP contribution in [0, 0.1) is 11.3 Å². The van der Waals surface area contributed by atoms with E-state index in [-0.39, 0.29) is 19.4 Å². The molecule has 124 valence electrons. The van der Waals surface area contributed by atoms with Crippen molar-refractivity contribution in [3.63, 3.8) is 0 Å². The molecule has 0 aliphatic carbocycles. The van der Waals surface area contributed by atoms with Gasteiger partial charge in [-0.05, 0) is 37.1 Å². The summed E-state index contributed by atoms with van der Waals surface area (Å²) in [7, 11) is 0. The molecule has 7 heteroatoms. The first kappa shape index (κ1) is 17.2. The smallest absolute Gasteiger partial charge is 0.249 e. The number of aliphatic hydroxyl groups is 2. The van der Waals surface area contributed by atoms with E-state index in [1.54, 1.807) is 24.3 Å². The van der Waals surface area contributed by atoms with Gasteiger partial charge in [0.1, 0.15) is 24.1 Å². The second-order valence-corrected chi connectivity index (χ2v) is 5.80. The van der Waals surface area contributed by atoms with Gasteiger partial charge in [0.2, 0.25) is 5.91 Å². The first-order valence-electron chi connectivity index (χ1n) is 7.48. The van der Waals surface area contributed by atoms with Gasteiger partial charge in [0.15, 0.2) is 0 Å². The zero-order chi connectivity index (χ0) is 16.9. The number of hydrogen-bond donors (Lipinski definition) is 3. The Morgan fingerprint density at radius 1 is 1.39 bits per heavy atom. The van der Waals surface area contributed by atoms with Crippen LogP contribution < -0.4 is 10.5 Å². The predicted molar refractivity (Wildman–Crippen MR) is 82.5 cm³/mol. The molecule has 0 aromatic heterocycles. The highest BCUT2D eigenvalue weighted by Gasteiger charge is 2.37. The van der Waals surface area contributed by atoms with E-state index in [2.05, 4.69) is 0 Å². The lowest BCUT2D eigenvalue weighted by Crippen LogP contribution is -2.53. The monoisotopic (exact) mass is 319 g/mol. The number of benzene rings is 1. The second-order valence-electron chi connectivity index (χ2n) is 5.80. The number of piperidine rings is 1. The number of β-amino-alcohol motifs (C(OH)–C–C–N with tert-alkyl or cyclic N) is 1. The van der Waals surface area contributed by atoms with Gasteiger partial charge in [-0.15, -0.1) is 0 Å². The minimum atomic E-state index is -1.43. The van der Waals surface area contributed by atoms with Crippen LogP contribution in [0.5, 0.6) is 5.75 Å². The normalized spacial score (nSPS) is 18.8. The molecule has 1 atom stereocenters. The van der Waals surface area contributed by atoms with Crippen LogP contribution in [0.1, 0.15) is 18.4 Å². The maximum absolute atomic E-state index is 11.2. The number of nitrogens with two attached hydrogens (primary N) is 1. The first-order chi connectivity index (χ1) is 10.9. The van der Waals surface area contributed by atoms with E-state index in [1.165, 1.54) is 0 Å². The topological polar surface area (TPSA) is 120 Å². The molecule has 1 aromatic rings. The standard InChI is InChI=1S/C16H21N3O4/c17-9-12-1-3-14(4-2-12)23-11-13(20)10-19-7-5-16(22,6-8-19)15(18)21/h1-4,13,20,22H,5-8,10-11H2,(H2,18,21). The molecule has 0 radical (unpaired) electrons. The lowest BCUT2D eigenvalue weighted by Gasteiger charge is -2.36. The van der Waals surface area contributed by atoms with Crippen molar-refractivity contribution in [1.82, 2.24) is 4.90 Å². The third-order valence-electron chi connectivity index (χ3n) is 4.04. The lowest BCUT2D eigenvalue weighted by molar-refractivity contribution is -0.141. The van der Waals surface area contributed by atoms with Crippen molar-refractivity contribution < 1.29 is 19.7 Å². The van der Waals surface area contributed by atoms with Gasteiger partial charge in [-0.25, -0.2) is 0 Å². The van der Waals surface area contributed by atoms with Crippen molar-refractivity contribution in [2.45, 2.75) is 24.5 Å². The number of amides is 1. The summed E-state index contributed by atoms with van der Waals surface area (Å²) in [5.74, 6) is -0.105. The summed E-state index contributed by atoms with van der Waals surface area (Å²) >= 11 is 0. The van der Waals surface area contributed by atoms with Crippen LogP contribution in [0.4, 0.5) is 0 Å². The third-order valence-corrected chi connectivity index (χ3v) is 4.04. The van der Waals surface area contributed by atoms with E-state index in [0.29, 0.717) is 30.9 Å². The van der Waals surface area contributed by atoms with Gasteiger partial charge in [-0.1, -0.05) is 0 Å². The van der Waals surface area contributed by atoms with Crippen LogP contribution in [-0.4, -0.2) is 59.0 Å². The molecule has 0 bridgehead atoms. The number of ether oxygens (including phenoxy) is 1. The largest absolute Gasteiger partial charge is 0.491 e. The van der Waals surface area contributed by atoms with E-state index >= 15 is 0 Å². The van der Waals surface area contributed by atoms with Crippen molar-refractivity contribution in [3.8, 4) is 11.8 Å². The summed E-state index contributed by atoms with van der Waals surface area (Å²) in [4.78, 5) is 13.1. The molecule has 7 nitrogen and oxygen atoms in total. The molecule has 1 aliphatic rings. The fourth-order valence-corrected chi connectivity index (χ4v) is 2.52. The number of primary amides is 1. The molecule has 1 fully saturated rings. The zero-order valence-electron chi connectivity index (χ0n) is 12.8. The molecular weight excluding hydrogens is 298 g/mol. The van der Waals surface area contributed by atoms with Crippen LogP contribution in [0.2, 0.25) is 0 Å². The molecule has 1 saturated heterocycles. The van der Waals surface area contributed by atoms with Crippen molar-refractivity contribution in [3.05, 3.63) is 29.8 Å². The Labute approximate surface area is 134 Å². The van der Waals surface area contributed by atoms with E-state index in [1.807, 2.05) is 11.0 Å². The van der Waals surface area contributed by atoms with Crippen LogP contribution in [0.25, 0.3) is 0 Å². The second kappa shape index (κ2) is 7.42. The number of rotatable bonds is 6. The Hall–Kier alpha value is -2.14. The average Bonchev–Trinajstić information content (AvgIpc) is 2.55. The van der Waals surface area contributed by atoms with Gasteiger partial charge < -0.3 is 25.6 Å². The maximum atomic E-state index is 11.2. The molecule has 1 aliphatic heterocycles. The van der Waals surface area contributed by atoms with Crippen LogP contribution in [0.15, 0.2) is 24.3 Å². The fraction of sp³-hybridized carbons (Fsp3) is 0.500. The predicted octanol–water partition coefficient (Wildman–Crippen LogP) is -0.390. The van der Waals surface area contributed by atoms with Gasteiger partial charge in [0.25, 0.3) is 0 Å². The summed E-state index contributed by atoms with van der Waals surface area (Å²) in [5, 5.41) is 28.7. The van der Waals surface area contributed by atoms with Crippen molar-refractivity contribution in [2.75, 3.05) is 26.2 Å². The number of carbonyl (C=O) groups excluding carboxylic acids is 1.